The molecule has 0 bridgehead atoms. The number of ether oxygens (including phenoxy) is 2. The minimum absolute atomic E-state index is 0.125. The summed E-state index contributed by atoms with van der Waals surface area (Å²) in [6.45, 7) is 3.86. The van der Waals surface area contributed by atoms with Gasteiger partial charge < -0.3 is 9.47 Å². The molecule has 0 amide bonds. The van der Waals surface area contributed by atoms with Crippen LogP contribution >= 0.6 is 11.6 Å². The first kappa shape index (κ1) is 13.9. The number of alkyl halides is 1. The number of esters is 1. The number of carbonyl (C=O) groups is 1. The summed E-state index contributed by atoms with van der Waals surface area (Å²) in [6, 6.07) is 0. The molecule has 1 heterocycles. The van der Waals surface area contributed by atoms with Crippen LogP contribution in [0.1, 0.15) is 41.8 Å². The van der Waals surface area contributed by atoms with E-state index < -0.39 is 5.97 Å². The lowest BCUT2D eigenvalue weighted by molar-refractivity contribution is 0.0523. The van der Waals surface area contributed by atoms with Crippen molar-refractivity contribution < 1.29 is 14.3 Å². The van der Waals surface area contributed by atoms with Crippen LogP contribution in [0.15, 0.2) is 6.20 Å². The second-order valence-electron chi connectivity index (χ2n) is 3.32. The van der Waals surface area contributed by atoms with Crippen LogP contribution in [-0.2, 0) is 15.4 Å². The quantitative estimate of drug-likeness (QED) is 0.598. The summed E-state index contributed by atoms with van der Waals surface area (Å²) in [5.74, 6) is 0.163. The maximum atomic E-state index is 11.6. The van der Waals surface area contributed by atoms with Gasteiger partial charge in [0.05, 0.1) is 18.2 Å². The molecular weight excluding hydrogens is 244 g/mol. The molecule has 0 spiro atoms. The highest BCUT2D eigenvalue weighted by Crippen LogP contribution is 2.15. The summed E-state index contributed by atoms with van der Waals surface area (Å²) in [5, 5.41) is 0. The van der Waals surface area contributed by atoms with Gasteiger partial charge in [0.15, 0.2) is 5.82 Å². The van der Waals surface area contributed by atoms with Gasteiger partial charge >= 0.3 is 5.97 Å². The average molecular weight is 259 g/mol. The van der Waals surface area contributed by atoms with Gasteiger partial charge in [-0.25, -0.2) is 14.8 Å². The van der Waals surface area contributed by atoms with Crippen molar-refractivity contribution in [3.63, 3.8) is 0 Å². The molecule has 1 atom stereocenters. The Bertz CT molecular complexity index is 398. The maximum Gasteiger partial charge on any atom is 0.341 e. The van der Waals surface area contributed by atoms with Gasteiger partial charge in [0.25, 0.3) is 0 Å². The second-order valence-corrected chi connectivity index (χ2v) is 3.59. The average Bonchev–Trinajstić information content (AvgIpc) is 2.37. The number of carbonyl (C=O) groups excluding carboxylic acids is 1. The lowest BCUT2D eigenvalue weighted by Gasteiger charge is -2.11. The molecule has 1 aromatic heterocycles. The molecule has 1 aromatic rings. The van der Waals surface area contributed by atoms with Crippen LogP contribution in [0.2, 0.25) is 0 Å². The Labute approximate surface area is 105 Å². The minimum Gasteiger partial charge on any atom is -0.462 e. The third kappa shape index (κ3) is 3.38. The highest BCUT2D eigenvalue weighted by molar-refractivity contribution is 6.17. The number of halogens is 1. The van der Waals surface area contributed by atoms with E-state index in [1.807, 2.05) is 6.92 Å². The van der Waals surface area contributed by atoms with Gasteiger partial charge in [-0.3, -0.25) is 0 Å². The zero-order chi connectivity index (χ0) is 12.8. The number of methoxy groups -OCH3 is 1. The number of aromatic nitrogens is 2. The van der Waals surface area contributed by atoms with Gasteiger partial charge in [-0.05, 0) is 13.8 Å². The molecule has 5 nitrogen and oxygen atoms in total. The Hall–Kier alpha value is -1.20. The van der Waals surface area contributed by atoms with Crippen LogP contribution in [-0.4, -0.2) is 29.7 Å². The van der Waals surface area contributed by atoms with Crippen LogP contribution in [0.4, 0.5) is 0 Å². The largest absolute Gasteiger partial charge is 0.462 e. The van der Waals surface area contributed by atoms with Crippen molar-refractivity contribution in [1.29, 1.82) is 0 Å². The number of hydrogen-bond acceptors (Lipinski definition) is 5. The number of rotatable bonds is 5. The smallest absolute Gasteiger partial charge is 0.341 e. The molecule has 0 aliphatic rings. The molecule has 94 valence electrons. The molecule has 0 aliphatic heterocycles. The van der Waals surface area contributed by atoms with Gasteiger partial charge in [-0.1, -0.05) is 0 Å². The van der Waals surface area contributed by atoms with E-state index in [4.69, 9.17) is 21.1 Å². The molecule has 17 heavy (non-hydrogen) atoms. The summed E-state index contributed by atoms with van der Waals surface area (Å²) in [7, 11) is 1.56. The first-order chi connectivity index (χ1) is 8.13. The third-order valence-corrected chi connectivity index (χ3v) is 2.48. The Morgan fingerprint density at radius 3 is 2.82 bits per heavy atom. The molecule has 1 unspecified atom stereocenters. The van der Waals surface area contributed by atoms with Crippen LogP contribution in [0.25, 0.3) is 0 Å². The predicted octanol–water partition coefficient (Wildman–Crippen LogP) is 2.10. The Morgan fingerprint density at radius 1 is 1.59 bits per heavy atom. The first-order valence-electron chi connectivity index (χ1n) is 5.25. The number of hydrogen-bond donors (Lipinski definition) is 0. The van der Waals surface area contributed by atoms with Crippen LogP contribution in [0, 0.1) is 0 Å². The molecule has 0 N–H and O–H groups in total. The fourth-order valence-corrected chi connectivity index (χ4v) is 1.42. The highest BCUT2D eigenvalue weighted by atomic mass is 35.5. The summed E-state index contributed by atoms with van der Waals surface area (Å²) in [5.41, 5.74) is 0.757. The van der Waals surface area contributed by atoms with E-state index in [9.17, 15) is 4.79 Å². The lowest BCUT2D eigenvalue weighted by Crippen LogP contribution is -2.13. The molecule has 0 fully saturated rings. The molecule has 6 heteroatoms. The van der Waals surface area contributed by atoms with Crippen LogP contribution < -0.4 is 0 Å². The zero-order valence-corrected chi connectivity index (χ0v) is 10.8. The van der Waals surface area contributed by atoms with Crippen molar-refractivity contribution in [1.82, 2.24) is 9.97 Å². The predicted molar refractivity (Wildman–Crippen MR) is 63.0 cm³/mol. The molecular formula is C11H15ClN2O3. The van der Waals surface area contributed by atoms with E-state index in [0.717, 1.165) is 0 Å². The topological polar surface area (TPSA) is 61.3 Å². The Morgan fingerprint density at radius 2 is 2.29 bits per heavy atom. The van der Waals surface area contributed by atoms with Crippen LogP contribution in [0.3, 0.4) is 0 Å². The fourth-order valence-electron chi connectivity index (χ4n) is 1.22. The normalized spacial score (nSPS) is 12.2. The van der Waals surface area contributed by atoms with Crippen molar-refractivity contribution in [3.05, 3.63) is 23.3 Å². The SMILES string of the molecule is CCOC(=O)c1cnc(C(C)OC)nc1CCl. The highest BCUT2D eigenvalue weighted by Gasteiger charge is 2.17. The van der Waals surface area contributed by atoms with E-state index in [-0.39, 0.29) is 12.0 Å². The maximum absolute atomic E-state index is 11.6. The summed E-state index contributed by atoms with van der Waals surface area (Å²) in [4.78, 5) is 19.8. The van der Waals surface area contributed by atoms with Gasteiger partial charge in [-0.2, -0.15) is 0 Å². The van der Waals surface area contributed by atoms with Crippen molar-refractivity contribution in [2.45, 2.75) is 25.8 Å². The standard InChI is InChI=1S/C11H15ClN2O3/c1-4-17-11(15)8-6-13-10(7(2)16-3)14-9(8)5-12/h6-7H,4-5H2,1-3H3. The zero-order valence-electron chi connectivity index (χ0n) is 10.1. The fraction of sp³-hybridized carbons (Fsp3) is 0.545. The van der Waals surface area contributed by atoms with Gasteiger partial charge in [0.2, 0.25) is 0 Å². The monoisotopic (exact) mass is 258 g/mol. The summed E-state index contributed by atoms with van der Waals surface area (Å²) in [6.07, 6.45) is 1.18. The first-order valence-corrected chi connectivity index (χ1v) is 5.79. The third-order valence-electron chi connectivity index (χ3n) is 2.23. The van der Waals surface area contributed by atoms with Crippen molar-refractivity contribution >= 4 is 17.6 Å². The molecule has 0 aliphatic carbocycles. The molecule has 0 saturated carbocycles. The lowest BCUT2D eigenvalue weighted by atomic mass is 10.2. The van der Waals surface area contributed by atoms with E-state index in [1.54, 1.807) is 14.0 Å². The van der Waals surface area contributed by atoms with Crippen molar-refractivity contribution in [2.75, 3.05) is 13.7 Å². The number of nitrogens with zero attached hydrogens (tertiary/aromatic N) is 2. The molecule has 0 aromatic carbocycles. The molecule has 0 saturated heterocycles. The molecule has 1 rings (SSSR count). The summed E-state index contributed by atoms with van der Waals surface area (Å²) < 4.78 is 9.99. The van der Waals surface area contributed by atoms with Crippen molar-refractivity contribution in [3.8, 4) is 0 Å². The Kier molecular flexibility index (Phi) is 5.31. The van der Waals surface area contributed by atoms with Crippen LogP contribution in [0.5, 0.6) is 0 Å². The van der Waals surface area contributed by atoms with Gasteiger partial charge in [0.1, 0.15) is 11.7 Å². The van der Waals surface area contributed by atoms with Gasteiger partial charge in [-0.15, -0.1) is 11.6 Å². The Balaban J connectivity index is 3.05. The van der Waals surface area contributed by atoms with E-state index in [2.05, 4.69) is 9.97 Å². The second kappa shape index (κ2) is 6.51. The van der Waals surface area contributed by atoms with E-state index in [1.165, 1.54) is 6.20 Å². The van der Waals surface area contributed by atoms with E-state index >= 15 is 0 Å². The van der Waals surface area contributed by atoms with E-state index in [0.29, 0.717) is 23.7 Å². The summed E-state index contributed by atoms with van der Waals surface area (Å²) >= 11 is 5.76. The minimum atomic E-state index is -0.459. The van der Waals surface area contributed by atoms with Crippen molar-refractivity contribution in [2.24, 2.45) is 0 Å². The van der Waals surface area contributed by atoms with Gasteiger partial charge in [0, 0.05) is 13.3 Å². The molecule has 0 radical (unpaired) electrons.